The Kier molecular flexibility index (Phi) is 6.22. The molecular formula is C22H24N6O2S. The van der Waals surface area contributed by atoms with Crippen LogP contribution in [0.4, 0.5) is 0 Å². The van der Waals surface area contributed by atoms with Crippen LogP contribution in [0.25, 0.3) is 16.6 Å². The number of hydrogen-bond acceptors (Lipinski definition) is 6. The molecule has 0 fully saturated rings. The lowest BCUT2D eigenvalue weighted by Gasteiger charge is -2.12. The molecule has 0 aliphatic heterocycles. The Bertz CT molecular complexity index is 1200. The number of amides is 1. The minimum atomic E-state index is -0.332. The zero-order valence-electron chi connectivity index (χ0n) is 17.6. The van der Waals surface area contributed by atoms with E-state index in [1.54, 1.807) is 11.8 Å². The minimum absolute atomic E-state index is 0.0506. The highest BCUT2D eigenvalue weighted by atomic mass is 32.2. The number of carbonyl (C=O) groups excluding carboxylic acids is 1. The Morgan fingerprint density at radius 2 is 2.16 bits per heavy atom. The number of aromatic amines is 1. The van der Waals surface area contributed by atoms with Gasteiger partial charge in [-0.25, -0.2) is 0 Å². The molecule has 1 amide bonds. The number of tetrazole rings is 1. The first kappa shape index (κ1) is 20.9. The van der Waals surface area contributed by atoms with E-state index in [4.69, 9.17) is 4.74 Å². The van der Waals surface area contributed by atoms with Crippen LogP contribution >= 0.6 is 11.8 Å². The molecular weight excluding hydrogens is 412 g/mol. The average molecular weight is 437 g/mol. The van der Waals surface area contributed by atoms with Crippen LogP contribution in [0.15, 0.2) is 53.8 Å². The van der Waals surface area contributed by atoms with Crippen molar-refractivity contribution in [3.05, 3.63) is 59.8 Å². The summed E-state index contributed by atoms with van der Waals surface area (Å²) in [4.78, 5) is 15.9. The highest BCUT2D eigenvalue weighted by Gasteiger charge is 2.19. The van der Waals surface area contributed by atoms with Gasteiger partial charge in [0.15, 0.2) is 0 Å². The summed E-state index contributed by atoms with van der Waals surface area (Å²) >= 11 is 1.33. The maximum Gasteiger partial charge on any atom is 0.233 e. The van der Waals surface area contributed by atoms with Gasteiger partial charge in [0.05, 0.1) is 18.0 Å². The second-order valence-corrected chi connectivity index (χ2v) is 8.55. The van der Waals surface area contributed by atoms with E-state index in [1.165, 1.54) is 11.8 Å². The van der Waals surface area contributed by atoms with Crippen molar-refractivity contribution >= 4 is 28.6 Å². The molecule has 2 aromatic carbocycles. The van der Waals surface area contributed by atoms with Gasteiger partial charge in [0.25, 0.3) is 0 Å². The number of methoxy groups -OCH3 is 1. The summed E-state index contributed by atoms with van der Waals surface area (Å²) in [6.45, 7) is 4.42. The first-order valence-corrected chi connectivity index (χ1v) is 10.9. The molecule has 2 heterocycles. The molecule has 31 heavy (non-hydrogen) atoms. The molecule has 2 aromatic heterocycles. The Hall–Kier alpha value is -3.33. The zero-order chi connectivity index (χ0) is 21.8. The molecule has 4 rings (SSSR count). The second-order valence-electron chi connectivity index (χ2n) is 7.24. The third kappa shape index (κ3) is 4.72. The highest BCUT2D eigenvalue weighted by molar-refractivity contribution is 8.00. The van der Waals surface area contributed by atoms with Crippen LogP contribution in [-0.4, -0.2) is 50.0 Å². The predicted octanol–water partition coefficient (Wildman–Crippen LogP) is 3.30. The quantitative estimate of drug-likeness (QED) is 0.411. The Balaban J connectivity index is 1.34. The summed E-state index contributed by atoms with van der Waals surface area (Å²) in [7, 11) is 1.65. The van der Waals surface area contributed by atoms with E-state index in [0.717, 1.165) is 39.9 Å². The molecule has 4 aromatic rings. The van der Waals surface area contributed by atoms with Crippen molar-refractivity contribution in [3.8, 4) is 11.4 Å². The maximum atomic E-state index is 12.6. The smallest absolute Gasteiger partial charge is 0.233 e. The van der Waals surface area contributed by atoms with Crippen LogP contribution in [0.5, 0.6) is 5.75 Å². The molecule has 0 bridgehead atoms. The largest absolute Gasteiger partial charge is 0.497 e. The number of aryl methyl sites for hydroxylation is 1. The summed E-state index contributed by atoms with van der Waals surface area (Å²) in [5.41, 5.74) is 4.16. The number of fused-ring (bicyclic) bond motifs is 1. The van der Waals surface area contributed by atoms with Crippen LogP contribution in [0.1, 0.15) is 18.1 Å². The zero-order valence-corrected chi connectivity index (χ0v) is 18.4. The molecule has 1 atom stereocenters. The van der Waals surface area contributed by atoms with Gasteiger partial charge in [-0.05, 0) is 66.1 Å². The monoisotopic (exact) mass is 436 g/mol. The van der Waals surface area contributed by atoms with E-state index < -0.39 is 0 Å². The summed E-state index contributed by atoms with van der Waals surface area (Å²) in [5.74, 6) is 0.762. The maximum absolute atomic E-state index is 12.6. The highest BCUT2D eigenvalue weighted by Crippen LogP contribution is 2.24. The van der Waals surface area contributed by atoms with Crippen LogP contribution in [0, 0.1) is 6.92 Å². The van der Waals surface area contributed by atoms with Gasteiger partial charge in [-0.15, -0.1) is 5.10 Å². The molecule has 160 valence electrons. The molecule has 0 saturated heterocycles. The number of carbonyl (C=O) groups is 1. The fourth-order valence-corrected chi connectivity index (χ4v) is 4.18. The van der Waals surface area contributed by atoms with Gasteiger partial charge in [0, 0.05) is 29.7 Å². The normalized spacial score (nSPS) is 12.1. The third-order valence-corrected chi connectivity index (χ3v) is 6.04. The molecule has 0 saturated carbocycles. The molecule has 0 aliphatic rings. The fourth-order valence-electron chi connectivity index (χ4n) is 3.35. The SMILES string of the molecule is COc1ccc2c(CCNC(=O)[C@H](C)Sc3nnnn3-c3cccc(C)c3)c[nH]c2c1. The number of aromatic nitrogens is 5. The number of hydrogen-bond donors (Lipinski definition) is 2. The summed E-state index contributed by atoms with van der Waals surface area (Å²) in [6.07, 6.45) is 2.71. The lowest BCUT2D eigenvalue weighted by atomic mass is 10.1. The topological polar surface area (TPSA) is 97.7 Å². The van der Waals surface area contributed by atoms with Gasteiger partial charge in [-0.3, -0.25) is 4.79 Å². The molecule has 0 unspecified atom stereocenters. The standard InChI is InChI=1S/C22H24N6O2S/c1-14-5-4-6-17(11-14)28-22(25-26-27-28)31-15(2)21(29)23-10-9-16-13-24-20-12-18(30-3)7-8-19(16)20/h4-8,11-13,15,24H,9-10H2,1-3H3,(H,23,29)/t15-/m0/s1. The number of ether oxygens (including phenoxy) is 1. The summed E-state index contributed by atoms with van der Waals surface area (Å²) in [5, 5.41) is 16.3. The average Bonchev–Trinajstić information content (AvgIpc) is 3.40. The molecule has 8 nitrogen and oxygen atoms in total. The van der Waals surface area contributed by atoms with Crippen molar-refractivity contribution in [2.75, 3.05) is 13.7 Å². The number of nitrogens with zero attached hydrogens (tertiary/aromatic N) is 4. The molecule has 2 N–H and O–H groups in total. The Morgan fingerprint density at radius 3 is 2.97 bits per heavy atom. The van der Waals surface area contributed by atoms with Gasteiger partial charge in [0.1, 0.15) is 5.75 Å². The van der Waals surface area contributed by atoms with Gasteiger partial charge < -0.3 is 15.0 Å². The molecule has 0 radical (unpaired) electrons. The van der Waals surface area contributed by atoms with Crippen molar-refractivity contribution in [2.45, 2.75) is 30.7 Å². The molecule has 9 heteroatoms. The van der Waals surface area contributed by atoms with E-state index in [1.807, 2.05) is 62.5 Å². The fraction of sp³-hybridized carbons (Fsp3) is 0.273. The van der Waals surface area contributed by atoms with Gasteiger partial charge in [-0.1, -0.05) is 23.9 Å². The number of thioether (sulfide) groups is 1. The van der Waals surface area contributed by atoms with Gasteiger partial charge in [-0.2, -0.15) is 4.68 Å². The second kappa shape index (κ2) is 9.22. The number of nitrogens with one attached hydrogen (secondary N) is 2. The van der Waals surface area contributed by atoms with Gasteiger partial charge >= 0.3 is 0 Å². The van der Waals surface area contributed by atoms with Crippen molar-refractivity contribution < 1.29 is 9.53 Å². The van der Waals surface area contributed by atoms with E-state index in [2.05, 4.69) is 25.8 Å². The summed E-state index contributed by atoms with van der Waals surface area (Å²) in [6, 6.07) is 13.9. The molecule has 0 spiro atoms. The van der Waals surface area contributed by atoms with E-state index in [0.29, 0.717) is 11.7 Å². The van der Waals surface area contributed by atoms with Crippen molar-refractivity contribution in [1.29, 1.82) is 0 Å². The first-order chi connectivity index (χ1) is 15.0. The lowest BCUT2D eigenvalue weighted by molar-refractivity contribution is -0.120. The van der Waals surface area contributed by atoms with Crippen LogP contribution in [0.2, 0.25) is 0 Å². The Morgan fingerprint density at radius 1 is 1.29 bits per heavy atom. The number of H-pyrrole nitrogens is 1. The van der Waals surface area contributed by atoms with E-state index >= 15 is 0 Å². The summed E-state index contributed by atoms with van der Waals surface area (Å²) < 4.78 is 6.92. The van der Waals surface area contributed by atoms with Crippen LogP contribution < -0.4 is 10.1 Å². The first-order valence-electron chi connectivity index (χ1n) is 9.99. The van der Waals surface area contributed by atoms with E-state index in [9.17, 15) is 4.79 Å². The van der Waals surface area contributed by atoms with E-state index in [-0.39, 0.29) is 11.2 Å². The van der Waals surface area contributed by atoms with Crippen molar-refractivity contribution in [1.82, 2.24) is 30.5 Å². The Labute approximate surface area is 184 Å². The number of rotatable bonds is 8. The van der Waals surface area contributed by atoms with Crippen LogP contribution in [0.3, 0.4) is 0 Å². The van der Waals surface area contributed by atoms with Crippen molar-refractivity contribution in [3.63, 3.8) is 0 Å². The van der Waals surface area contributed by atoms with Crippen molar-refractivity contribution in [2.24, 2.45) is 0 Å². The predicted molar refractivity (Wildman–Crippen MR) is 121 cm³/mol. The van der Waals surface area contributed by atoms with Gasteiger partial charge in [0.2, 0.25) is 11.1 Å². The number of benzene rings is 2. The lowest BCUT2D eigenvalue weighted by Crippen LogP contribution is -2.32. The van der Waals surface area contributed by atoms with Crippen LogP contribution in [-0.2, 0) is 11.2 Å². The minimum Gasteiger partial charge on any atom is -0.497 e. The third-order valence-electron chi connectivity index (χ3n) is 5.01. The molecule has 0 aliphatic carbocycles.